The second kappa shape index (κ2) is 10.7. The lowest BCUT2D eigenvalue weighted by Crippen LogP contribution is -2.47. The van der Waals surface area contributed by atoms with E-state index < -0.39 is 0 Å². The Balaban J connectivity index is 1.21. The van der Waals surface area contributed by atoms with E-state index in [4.69, 9.17) is 11.6 Å². The molecular formula is C26H35ClN4O2. The molecule has 0 radical (unpaired) electrons. The number of aromatic nitrogens is 1. The van der Waals surface area contributed by atoms with Crippen molar-refractivity contribution in [2.45, 2.75) is 46.1 Å². The Hall–Kier alpha value is -2.31. The molecule has 0 spiro atoms. The van der Waals surface area contributed by atoms with Gasteiger partial charge in [0.05, 0.1) is 5.92 Å². The lowest BCUT2D eigenvalue weighted by Gasteiger charge is -2.34. The van der Waals surface area contributed by atoms with Crippen molar-refractivity contribution in [3.8, 4) is 0 Å². The van der Waals surface area contributed by atoms with E-state index in [1.54, 1.807) is 0 Å². The van der Waals surface area contributed by atoms with E-state index in [0.29, 0.717) is 24.7 Å². The van der Waals surface area contributed by atoms with E-state index >= 15 is 0 Å². The van der Waals surface area contributed by atoms with Crippen LogP contribution in [0.1, 0.15) is 53.0 Å². The van der Waals surface area contributed by atoms with Crippen molar-refractivity contribution in [1.82, 2.24) is 20.1 Å². The minimum absolute atomic E-state index is 0.00570. The first-order chi connectivity index (χ1) is 15.9. The van der Waals surface area contributed by atoms with Gasteiger partial charge >= 0.3 is 0 Å². The van der Waals surface area contributed by atoms with Crippen molar-refractivity contribution < 1.29 is 9.59 Å². The number of aromatic amines is 1. The topological polar surface area (TPSA) is 68.4 Å². The van der Waals surface area contributed by atoms with Gasteiger partial charge in [0, 0.05) is 36.9 Å². The number of aryl methyl sites for hydroxylation is 2. The summed E-state index contributed by atoms with van der Waals surface area (Å²) < 4.78 is 0. The number of carbonyl (C=O) groups is 2. The number of carbonyl (C=O) groups excluding carboxylic acids is 2. The lowest BCUT2D eigenvalue weighted by molar-refractivity contribution is -0.126. The molecule has 0 bridgehead atoms. The highest BCUT2D eigenvalue weighted by Gasteiger charge is 2.30. The highest BCUT2D eigenvalue weighted by Crippen LogP contribution is 2.22. The van der Waals surface area contributed by atoms with Crippen LogP contribution in [0, 0.1) is 25.7 Å². The van der Waals surface area contributed by atoms with Gasteiger partial charge in [0.2, 0.25) is 5.91 Å². The standard InChI is InChI=1S/C26H35ClN4O2/c1-18-14-19(2)29-24(18)26(33)31-11-3-4-22(17-31)25(32)28-15-20-9-12-30(13-10-20)16-21-5-7-23(27)8-6-21/h5-8,14,20,22,29H,3-4,9-13,15-17H2,1-2H3,(H,28,32)/t22-/m1/s1. The summed E-state index contributed by atoms with van der Waals surface area (Å²) in [6.07, 6.45) is 3.90. The third-order valence-corrected chi connectivity index (χ3v) is 7.29. The summed E-state index contributed by atoms with van der Waals surface area (Å²) in [6.45, 7) is 8.89. The lowest BCUT2D eigenvalue weighted by atomic mass is 9.94. The highest BCUT2D eigenvalue weighted by atomic mass is 35.5. The zero-order chi connectivity index (χ0) is 23.4. The Morgan fingerprint density at radius 3 is 2.48 bits per heavy atom. The van der Waals surface area contributed by atoms with E-state index in [2.05, 4.69) is 27.3 Å². The number of piperidine rings is 2. The summed E-state index contributed by atoms with van der Waals surface area (Å²) in [4.78, 5) is 33.3. The number of nitrogens with one attached hydrogen (secondary N) is 2. The van der Waals surface area contributed by atoms with Gasteiger partial charge in [-0.2, -0.15) is 0 Å². The predicted molar refractivity (Wildman–Crippen MR) is 131 cm³/mol. The second-order valence-corrected chi connectivity index (χ2v) is 10.1. The van der Waals surface area contributed by atoms with Crippen molar-refractivity contribution >= 4 is 23.4 Å². The second-order valence-electron chi connectivity index (χ2n) is 9.69. The maximum atomic E-state index is 12.9. The van der Waals surface area contributed by atoms with Crippen LogP contribution in [0.25, 0.3) is 0 Å². The fraction of sp³-hybridized carbons (Fsp3) is 0.538. The number of rotatable bonds is 6. The minimum Gasteiger partial charge on any atom is -0.356 e. The van der Waals surface area contributed by atoms with Crippen LogP contribution >= 0.6 is 11.6 Å². The third-order valence-electron chi connectivity index (χ3n) is 7.03. The molecule has 2 N–H and O–H groups in total. The molecule has 1 aromatic carbocycles. The summed E-state index contributed by atoms with van der Waals surface area (Å²) >= 11 is 5.98. The number of benzene rings is 1. The average molecular weight is 471 g/mol. The van der Waals surface area contributed by atoms with E-state index in [1.165, 1.54) is 5.56 Å². The summed E-state index contributed by atoms with van der Waals surface area (Å²) in [5, 5.41) is 3.96. The molecule has 2 fully saturated rings. The summed E-state index contributed by atoms with van der Waals surface area (Å²) in [7, 11) is 0. The van der Waals surface area contributed by atoms with E-state index in [1.807, 2.05) is 36.9 Å². The first kappa shape index (κ1) is 23.8. The Labute approximate surface area is 201 Å². The number of H-pyrrole nitrogens is 1. The molecule has 2 aliphatic rings. The third kappa shape index (κ3) is 6.18. The fourth-order valence-electron chi connectivity index (χ4n) is 5.07. The van der Waals surface area contributed by atoms with E-state index in [-0.39, 0.29) is 17.7 Å². The van der Waals surface area contributed by atoms with Crippen LogP contribution in [0.2, 0.25) is 5.02 Å². The molecule has 3 heterocycles. The van der Waals surface area contributed by atoms with Crippen LogP contribution in [0.5, 0.6) is 0 Å². The van der Waals surface area contributed by atoms with Crippen LogP contribution < -0.4 is 5.32 Å². The molecule has 0 unspecified atom stereocenters. The minimum atomic E-state index is -0.121. The SMILES string of the molecule is Cc1cc(C)c(C(=O)N2CCC[C@@H](C(=O)NCC3CCN(Cc4ccc(Cl)cc4)CC3)C2)[nH]1. The van der Waals surface area contributed by atoms with Gasteiger partial charge in [-0.3, -0.25) is 14.5 Å². The molecule has 0 saturated carbocycles. The Morgan fingerprint density at radius 2 is 1.82 bits per heavy atom. The maximum absolute atomic E-state index is 12.9. The van der Waals surface area contributed by atoms with Gasteiger partial charge in [-0.05, 0) is 87.9 Å². The molecule has 2 saturated heterocycles. The monoisotopic (exact) mass is 470 g/mol. The molecule has 2 aromatic rings. The number of hydrogen-bond acceptors (Lipinski definition) is 3. The van der Waals surface area contributed by atoms with Crippen molar-refractivity contribution in [2.75, 3.05) is 32.7 Å². The average Bonchev–Trinajstić information content (AvgIpc) is 3.17. The van der Waals surface area contributed by atoms with Gasteiger partial charge in [0.25, 0.3) is 5.91 Å². The molecule has 0 aliphatic carbocycles. The number of nitrogens with zero attached hydrogens (tertiary/aromatic N) is 2. The van der Waals surface area contributed by atoms with Gasteiger partial charge < -0.3 is 15.2 Å². The highest BCUT2D eigenvalue weighted by molar-refractivity contribution is 6.30. The Bertz CT molecular complexity index is 963. The number of halogens is 1. The van der Waals surface area contributed by atoms with Crippen molar-refractivity contribution in [2.24, 2.45) is 11.8 Å². The molecule has 33 heavy (non-hydrogen) atoms. The molecule has 2 aliphatic heterocycles. The van der Waals surface area contributed by atoms with Crippen LogP contribution in [0.4, 0.5) is 0 Å². The van der Waals surface area contributed by atoms with Gasteiger partial charge in [0.1, 0.15) is 5.69 Å². The van der Waals surface area contributed by atoms with Gasteiger partial charge in [-0.25, -0.2) is 0 Å². The number of amides is 2. The Kier molecular flexibility index (Phi) is 7.76. The van der Waals surface area contributed by atoms with E-state index in [0.717, 1.165) is 68.1 Å². The smallest absolute Gasteiger partial charge is 0.270 e. The molecular weight excluding hydrogens is 436 g/mol. The van der Waals surface area contributed by atoms with Gasteiger partial charge in [-0.15, -0.1) is 0 Å². The van der Waals surface area contributed by atoms with Crippen LogP contribution in [0.3, 0.4) is 0 Å². The molecule has 2 amide bonds. The zero-order valence-corrected chi connectivity index (χ0v) is 20.5. The van der Waals surface area contributed by atoms with Gasteiger partial charge in [0.15, 0.2) is 0 Å². The van der Waals surface area contributed by atoms with Crippen LogP contribution in [0.15, 0.2) is 30.3 Å². The number of hydrogen-bond donors (Lipinski definition) is 2. The predicted octanol–water partition coefficient (Wildman–Crippen LogP) is 4.17. The van der Waals surface area contributed by atoms with Gasteiger partial charge in [-0.1, -0.05) is 23.7 Å². The summed E-state index contributed by atoms with van der Waals surface area (Å²) in [5.41, 5.74) is 3.89. The van der Waals surface area contributed by atoms with Crippen molar-refractivity contribution in [3.63, 3.8) is 0 Å². The largest absolute Gasteiger partial charge is 0.356 e. The van der Waals surface area contributed by atoms with Crippen LogP contribution in [-0.4, -0.2) is 59.3 Å². The first-order valence-electron chi connectivity index (χ1n) is 12.1. The van der Waals surface area contributed by atoms with Crippen molar-refractivity contribution in [3.05, 3.63) is 57.9 Å². The molecule has 1 atom stereocenters. The Morgan fingerprint density at radius 1 is 1.09 bits per heavy atom. The summed E-state index contributed by atoms with van der Waals surface area (Å²) in [5.74, 6) is 0.493. The fourth-order valence-corrected chi connectivity index (χ4v) is 5.20. The molecule has 7 heteroatoms. The quantitative estimate of drug-likeness (QED) is 0.665. The number of likely N-dealkylation sites (tertiary alicyclic amines) is 2. The molecule has 1 aromatic heterocycles. The molecule has 6 nitrogen and oxygen atoms in total. The van der Waals surface area contributed by atoms with E-state index in [9.17, 15) is 9.59 Å². The summed E-state index contributed by atoms with van der Waals surface area (Å²) in [6, 6.07) is 10.1. The maximum Gasteiger partial charge on any atom is 0.270 e. The molecule has 178 valence electrons. The molecule has 4 rings (SSSR count). The van der Waals surface area contributed by atoms with Crippen LogP contribution in [-0.2, 0) is 11.3 Å². The normalized spacial score (nSPS) is 20.1. The van der Waals surface area contributed by atoms with Crippen molar-refractivity contribution in [1.29, 1.82) is 0 Å². The zero-order valence-electron chi connectivity index (χ0n) is 19.7. The first-order valence-corrected chi connectivity index (χ1v) is 12.5.